The fourth-order valence-corrected chi connectivity index (χ4v) is 1.69. The molecule has 0 heterocycles. The highest BCUT2D eigenvalue weighted by Gasteiger charge is 1.91. The second-order valence-corrected chi connectivity index (χ2v) is 4.09. The summed E-state index contributed by atoms with van der Waals surface area (Å²) in [6.07, 6.45) is 14.2. The van der Waals surface area contributed by atoms with Crippen LogP contribution in [0, 0.1) is 11.3 Å². The zero-order valence-electron chi connectivity index (χ0n) is 9.73. The molecule has 0 aliphatic carbocycles. The van der Waals surface area contributed by atoms with Crippen molar-refractivity contribution < 1.29 is 0 Å². The Labute approximate surface area is 89.5 Å². The molecule has 0 amide bonds. The van der Waals surface area contributed by atoms with Gasteiger partial charge in [0, 0.05) is 6.42 Å². The van der Waals surface area contributed by atoms with E-state index in [1.54, 1.807) is 0 Å². The third kappa shape index (κ3) is 11.5. The molecule has 0 atom stereocenters. The molecule has 0 saturated heterocycles. The molecule has 0 aromatic carbocycles. The maximum absolute atomic E-state index is 8.34. The molecule has 0 spiro atoms. The highest BCUT2D eigenvalue weighted by atomic mass is 14.2. The Bertz CT molecular complexity index is 135. The lowest BCUT2D eigenvalue weighted by atomic mass is 10.1. The monoisotopic (exact) mass is 195 g/mol. The van der Waals surface area contributed by atoms with Crippen LogP contribution in [0.2, 0.25) is 0 Å². The third-order valence-electron chi connectivity index (χ3n) is 2.64. The highest BCUT2D eigenvalue weighted by Crippen LogP contribution is 2.10. The van der Waals surface area contributed by atoms with E-state index in [1.807, 2.05) is 0 Å². The highest BCUT2D eigenvalue weighted by molar-refractivity contribution is 4.67. The maximum Gasteiger partial charge on any atom is 0.0621 e. The van der Waals surface area contributed by atoms with Crippen LogP contribution in [-0.4, -0.2) is 0 Å². The molecule has 0 N–H and O–H groups in total. The van der Waals surface area contributed by atoms with Crippen molar-refractivity contribution >= 4 is 0 Å². The second-order valence-electron chi connectivity index (χ2n) is 4.09. The lowest BCUT2D eigenvalue weighted by Gasteiger charge is -2.00. The first-order valence-electron chi connectivity index (χ1n) is 6.28. The van der Waals surface area contributed by atoms with Crippen LogP contribution >= 0.6 is 0 Å². The van der Waals surface area contributed by atoms with Crippen molar-refractivity contribution in [3.63, 3.8) is 0 Å². The Morgan fingerprint density at radius 2 is 1.14 bits per heavy atom. The van der Waals surface area contributed by atoms with Crippen LogP contribution < -0.4 is 0 Å². The smallest absolute Gasteiger partial charge is 0.0621 e. The number of unbranched alkanes of at least 4 members (excludes halogenated alkanes) is 10. The van der Waals surface area contributed by atoms with Crippen molar-refractivity contribution in [2.75, 3.05) is 0 Å². The van der Waals surface area contributed by atoms with Gasteiger partial charge in [0.2, 0.25) is 0 Å². The van der Waals surface area contributed by atoms with E-state index < -0.39 is 0 Å². The van der Waals surface area contributed by atoms with Gasteiger partial charge in [0.05, 0.1) is 6.07 Å². The van der Waals surface area contributed by atoms with E-state index in [2.05, 4.69) is 13.0 Å². The minimum atomic E-state index is 0.747. The Kier molecular flexibility index (Phi) is 12.0. The van der Waals surface area contributed by atoms with Crippen LogP contribution in [0.4, 0.5) is 0 Å². The number of hydrogen-bond donors (Lipinski definition) is 0. The van der Waals surface area contributed by atoms with Crippen LogP contribution in [0.3, 0.4) is 0 Å². The van der Waals surface area contributed by atoms with Crippen molar-refractivity contribution in [1.29, 1.82) is 5.26 Å². The van der Waals surface area contributed by atoms with Crippen molar-refractivity contribution in [2.45, 2.75) is 77.6 Å². The topological polar surface area (TPSA) is 23.8 Å². The quantitative estimate of drug-likeness (QED) is 0.458. The van der Waals surface area contributed by atoms with Gasteiger partial charge in [-0.05, 0) is 6.42 Å². The summed E-state index contributed by atoms with van der Waals surface area (Å²) in [5.41, 5.74) is 0. The molecule has 1 nitrogen and oxygen atoms in total. The molecule has 0 bridgehead atoms. The molecule has 0 saturated carbocycles. The summed E-state index contributed by atoms with van der Waals surface area (Å²) in [7, 11) is 0. The standard InChI is InChI=1S/C13H25N/c1-2-3-4-5-6-7-8-9-10-11-12-13-14/h2-12H2,1H3. The molecule has 0 aliphatic heterocycles. The molecule has 0 rings (SSSR count). The van der Waals surface area contributed by atoms with E-state index in [9.17, 15) is 0 Å². The maximum atomic E-state index is 8.34. The molecular weight excluding hydrogens is 170 g/mol. The van der Waals surface area contributed by atoms with Gasteiger partial charge in [0.25, 0.3) is 0 Å². The lowest BCUT2D eigenvalue weighted by Crippen LogP contribution is -1.81. The Morgan fingerprint density at radius 3 is 1.57 bits per heavy atom. The largest absolute Gasteiger partial charge is 0.198 e. The summed E-state index contributed by atoms with van der Waals surface area (Å²) >= 11 is 0. The van der Waals surface area contributed by atoms with Gasteiger partial charge in [-0.15, -0.1) is 0 Å². The first-order chi connectivity index (χ1) is 6.91. The molecule has 14 heavy (non-hydrogen) atoms. The van der Waals surface area contributed by atoms with Gasteiger partial charge in [0.15, 0.2) is 0 Å². The first-order valence-corrected chi connectivity index (χ1v) is 6.28. The zero-order valence-corrected chi connectivity index (χ0v) is 9.73. The molecular formula is C13H25N. The number of hydrogen-bond acceptors (Lipinski definition) is 1. The molecule has 0 unspecified atom stereocenters. The summed E-state index contributed by atoms with van der Waals surface area (Å²) in [6.45, 7) is 2.26. The van der Waals surface area contributed by atoms with Crippen LogP contribution in [0.1, 0.15) is 77.6 Å². The van der Waals surface area contributed by atoms with Gasteiger partial charge in [-0.2, -0.15) is 5.26 Å². The first kappa shape index (κ1) is 13.5. The van der Waals surface area contributed by atoms with E-state index in [4.69, 9.17) is 5.26 Å². The van der Waals surface area contributed by atoms with Gasteiger partial charge in [-0.3, -0.25) is 0 Å². The average molecular weight is 195 g/mol. The minimum Gasteiger partial charge on any atom is -0.198 e. The van der Waals surface area contributed by atoms with Gasteiger partial charge < -0.3 is 0 Å². The predicted octanol–water partition coefficient (Wildman–Crippen LogP) is 4.82. The number of rotatable bonds is 10. The van der Waals surface area contributed by atoms with E-state index >= 15 is 0 Å². The van der Waals surface area contributed by atoms with E-state index in [-0.39, 0.29) is 0 Å². The molecule has 0 aromatic heterocycles. The minimum absolute atomic E-state index is 0.747. The van der Waals surface area contributed by atoms with Crippen LogP contribution in [0.15, 0.2) is 0 Å². The molecule has 0 aliphatic rings. The Balaban J connectivity index is 2.82. The van der Waals surface area contributed by atoms with Gasteiger partial charge in [-0.1, -0.05) is 64.7 Å². The Morgan fingerprint density at radius 1 is 0.714 bits per heavy atom. The summed E-state index contributed by atoms with van der Waals surface area (Å²) in [4.78, 5) is 0. The second kappa shape index (κ2) is 12.5. The molecule has 1 heteroatoms. The summed E-state index contributed by atoms with van der Waals surface area (Å²) < 4.78 is 0. The Hall–Kier alpha value is -0.510. The number of nitrogens with zero attached hydrogens (tertiary/aromatic N) is 1. The van der Waals surface area contributed by atoms with Crippen LogP contribution in [0.25, 0.3) is 0 Å². The zero-order chi connectivity index (χ0) is 10.5. The van der Waals surface area contributed by atoms with Gasteiger partial charge in [0.1, 0.15) is 0 Å². The van der Waals surface area contributed by atoms with Gasteiger partial charge >= 0.3 is 0 Å². The lowest BCUT2D eigenvalue weighted by molar-refractivity contribution is 0.558. The fourth-order valence-electron chi connectivity index (χ4n) is 1.69. The number of nitriles is 1. The van der Waals surface area contributed by atoms with Crippen molar-refractivity contribution in [1.82, 2.24) is 0 Å². The summed E-state index contributed by atoms with van der Waals surface area (Å²) in [6, 6.07) is 2.19. The fraction of sp³-hybridized carbons (Fsp3) is 0.923. The van der Waals surface area contributed by atoms with Crippen LogP contribution in [-0.2, 0) is 0 Å². The van der Waals surface area contributed by atoms with Gasteiger partial charge in [-0.25, -0.2) is 0 Å². The normalized spacial score (nSPS) is 10.0. The molecule has 0 radical (unpaired) electrons. The van der Waals surface area contributed by atoms with E-state index in [0.717, 1.165) is 12.8 Å². The molecule has 0 aromatic rings. The summed E-state index contributed by atoms with van der Waals surface area (Å²) in [5.74, 6) is 0. The molecule has 82 valence electrons. The third-order valence-corrected chi connectivity index (χ3v) is 2.64. The van der Waals surface area contributed by atoms with Crippen LogP contribution in [0.5, 0.6) is 0 Å². The SMILES string of the molecule is CCCCCCCCCCCCC#N. The average Bonchev–Trinajstić information content (AvgIpc) is 2.21. The van der Waals surface area contributed by atoms with Crippen molar-refractivity contribution in [2.24, 2.45) is 0 Å². The predicted molar refractivity (Wildman–Crippen MR) is 62.1 cm³/mol. The van der Waals surface area contributed by atoms with Crippen molar-refractivity contribution in [3.8, 4) is 6.07 Å². The molecule has 0 fully saturated rings. The summed E-state index contributed by atoms with van der Waals surface area (Å²) in [5, 5.41) is 8.34. The van der Waals surface area contributed by atoms with E-state index in [1.165, 1.54) is 57.8 Å². The van der Waals surface area contributed by atoms with Crippen molar-refractivity contribution in [3.05, 3.63) is 0 Å². The van der Waals surface area contributed by atoms with E-state index in [0.29, 0.717) is 0 Å².